The van der Waals surface area contributed by atoms with Gasteiger partial charge in [-0.2, -0.15) is 0 Å². The minimum Gasteiger partial charge on any atom is -0.468 e. The van der Waals surface area contributed by atoms with Crippen LogP contribution in [0.15, 0.2) is 0 Å². The fourth-order valence-electron chi connectivity index (χ4n) is 3.07. The summed E-state index contributed by atoms with van der Waals surface area (Å²) < 4.78 is 5.00. The van der Waals surface area contributed by atoms with Gasteiger partial charge in [-0.3, -0.25) is 10.1 Å². The van der Waals surface area contributed by atoms with Crippen molar-refractivity contribution < 1.29 is 9.53 Å². The number of carbonyl (C=O) groups excluding carboxylic acids is 1. The molecule has 4 heteroatoms. The highest BCUT2D eigenvalue weighted by atomic mass is 16.5. The van der Waals surface area contributed by atoms with Gasteiger partial charge in [0.1, 0.15) is 5.54 Å². The van der Waals surface area contributed by atoms with Gasteiger partial charge in [0.25, 0.3) is 0 Å². The Morgan fingerprint density at radius 2 is 2.11 bits per heavy atom. The summed E-state index contributed by atoms with van der Waals surface area (Å²) in [7, 11) is 1.48. The molecule has 4 nitrogen and oxygen atoms in total. The molecular formula is C15H28N2O2. The number of likely N-dealkylation sites (tertiary alicyclic amines) is 1. The van der Waals surface area contributed by atoms with Crippen LogP contribution < -0.4 is 5.32 Å². The molecule has 0 aromatic heterocycles. The molecule has 0 bridgehead atoms. The van der Waals surface area contributed by atoms with Crippen LogP contribution in [0.4, 0.5) is 0 Å². The smallest absolute Gasteiger partial charge is 0.327 e. The van der Waals surface area contributed by atoms with Crippen LogP contribution in [-0.2, 0) is 9.53 Å². The van der Waals surface area contributed by atoms with Crippen molar-refractivity contribution in [2.24, 2.45) is 11.8 Å². The van der Waals surface area contributed by atoms with E-state index < -0.39 is 5.54 Å². The van der Waals surface area contributed by atoms with Gasteiger partial charge in [0.05, 0.1) is 7.11 Å². The number of hydrogen-bond acceptors (Lipinski definition) is 4. The molecule has 1 N–H and O–H groups in total. The molecule has 2 fully saturated rings. The lowest BCUT2D eigenvalue weighted by atomic mass is 9.95. The lowest BCUT2D eigenvalue weighted by Gasteiger charge is -2.32. The molecule has 2 aliphatic rings. The fourth-order valence-corrected chi connectivity index (χ4v) is 3.07. The Labute approximate surface area is 116 Å². The third kappa shape index (κ3) is 3.69. The predicted octanol–water partition coefficient (Wildman–Crippen LogP) is 1.65. The molecule has 0 amide bonds. The summed E-state index contributed by atoms with van der Waals surface area (Å²) >= 11 is 0. The second-order valence-corrected chi connectivity index (χ2v) is 6.77. The Kier molecular flexibility index (Phi) is 4.51. The van der Waals surface area contributed by atoms with Crippen LogP contribution in [0.3, 0.4) is 0 Å². The third-order valence-electron chi connectivity index (χ3n) is 4.53. The van der Waals surface area contributed by atoms with Crippen molar-refractivity contribution >= 4 is 5.97 Å². The number of carbonyl (C=O) groups is 1. The van der Waals surface area contributed by atoms with Crippen molar-refractivity contribution in [3.05, 3.63) is 0 Å². The van der Waals surface area contributed by atoms with E-state index in [1.165, 1.54) is 26.4 Å². The van der Waals surface area contributed by atoms with E-state index in [1.807, 2.05) is 6.92 Å². The van der Waals surface area contributed by atoms with Gasteiger partial charge >= 0.3 is 5.97 Å². The van der Waals surface area contributed by atoms with Crippen molar-refractivity contribution in [1.82, 2.24) is 10.2 Å². The van der Waals surface area contributed by atoms with Crippen LogP contribution in [-0.4, -0.2) is 49.2 Å². The van der Waals surface area contributed by atoms with Gasteiger partial charge in [-0.15, -0.1) is 0 Å². The number of methoxy groups -OCH3 is 1. The Balaban J connectivity index is 1.94. The third-order valence-corrected chi connectivity index (χ3v) is 4.53. The molecule has 1 aliphatic carbocycles. The fraction of sp³-hybridized carbons (Fsp3) is 0.933. The summed E-state index contributed by atoms with van der Waals surface area (Å²) in [5.74, 6) is 1.36. The van der Waals surface area contributed by atoms with Crippen LogP contribution in [0, 0.1) is 11.8 Å². The number of nitrogens with one attached hydrogen (secondary N) is 1. The summed E-state index contributed by atoms with van der Waals surface area (Å²) in [5.41, 5.74) is -0.554. The van der Waals surface area contributed by atoms with Crippen LogP contribution in [0.5, 0.6) is 0 Å². The Hall–Kier alpha value is -0.610. The zero-order valence-electron chi connectivity index (χ0n) is 12.7. The molecule has 0 aromatic rings. The average Bonchev–Trinajstić information content (AvgIpc) is 3.03. The summed E-state index contributed by atoms with van der Waals surface area (Å²) in [6, 6.07) is 0.507. The van der Waals surface area contributed by atoms with E-state index in [9.17, 15) is 4.79 Å². The van der Waals surface area contributed by atoms with E-state index in [1.54, 1.807) is 0 Å². The Morgan fingerprint density at radius 1 is 1.42 bits per heavy atom. The maximum atomic E-state index is 12.1. The van der Waals surface area contributed by atoms with Crippen LogP contribution in [0.2, 0.25) is 0 Å². The molecule has 1 saturated carbocycles. The van der Waals surface area contributed by atoms with E-state index in [4.69, 9.17) is 4.74 Å². The second kappa shape index (κ2) is 5.80. The molecule has 2 unspecified atom stereocenters. The SMILES string of the molecule is COC(=O)C(C)(CN1CCC(C(C)C)C1)NC1CC1. The molecule has 2 atom stereocenters. The summed E-state index contributed by atoms with van der Waals surface area (Å²) in [6.45, 7) is 9.53. The monoisotopic (exact) mass is 268 g/mol. The summed E-state index contributed by atoms with van der Waals surface area (Å²) in [5, 5.41) is 3.47. The summed E-state index contributed by atoms with van der Waals surface area (Å²) in [6.07, 6.45) is 3.61. The molecule has 19 heavy (non-hydrogen) atoms. The van der Waals surface area contributed by atoms with E-state index in [-0.39, 0.29) is 5.97 Å². The first-order chi connectivity index (χ1) is 8.94. The maximum Gasteiger partial charge on any atom is 0.327 e. The largest absolute Gasteiger partial charge is 0.468 e. The summed E-state index contributed by atoms with van der Waals surface area (Å²) in [4.78, 5) is 14.5. The van der Waals surface area contributed by atoms with Gasteiger partial charge < -0.3 is 9.64 Å². The van der Waals surface area contributed by atoms with E-state index in [0.29, 0.717) is 6.04 Å². The van der Waals surface area contributed by atoms with E-state index in [0.717, 1.165) is 31.5 Å². The van der Waals surface area contributed by atoms with Gasteiger partial charge in [0, 0.05) is 19.1 Å². The molecular weight excluding hydrogens is 240 g/mol. The highest BCUT2D eigenvalue weighted by Crippen LogP contribution is 2.27. The molecule has 1 saturated heterocycles. The molecule has 110 valence electrons. The normalized spacial score (nSPS) is 27.5. The first kappa shape index (κ1) is 14.8. The van der Waals surface area contributed by atoms with Gasteiger partial charge in [0.15, 0.2) is 0 Å². The first-order valence-electron chi connectivity index (χ1n) is 7.53. The van der Waals surface area contributed by atoms with Gasteiger partial charge in [0.2, 0.25) is 0 Å². The molecule has 1 aliphatic heterocycles. The van der Waals surface area contributed by atoms with Crippen LogP contribution in [0.1, 0.15) is 40.0 Å². The van der Waals surface area contributed by atoms with Crippen molar-refractivity contribution in [3.8, 4) is 0 Å². The minimum absolute atomic E-state index is 0.132. The number of rotatable bonds is 6. The molecule has 2 rings (SSSR count). The molecule has 0 aromatic carbocycles. The van der Waals surface area contributed by atoms with Gasteiger partial charge in [-0.1, -0.05) is 13.8 Å². The highest BCUT2D eigenvalue weighted by Gasteiger charge is 2.42. The lowest BCUT2D eigenvalue weighted by Crippen LogP contribution is -2.57. The standard InChI is InChI=1S/C15H28N2O2/c1-11(2)12-7-8-17(9-12)10-15(3,14(18)19-4)16-13-5-6-13/h11-13,16H,5-10H2,1-4H3. The number of esters is 1. The number of nitrogens with zero attached hydrogens (tertiary/aromatic N) is 1. The minimum atomic E-state index is -0.554. The van der Waals surface area contributed by atoms with E-state index >= 15 is 0 Å². The molecule has 0 radical (unpaired) electrons. The number of hydrogen-bond donors (Lipinski definition) is 1. The maximum absolute atomic E-state index is 12.1. The van der Waals surface area contributed by atoms with Crippen molar-refractivity contribution in [1.29, 1.82) is 0 Å². The molecule has 0 spiro atoms. The quantitative estimate of drug-likeness (QED) is 0.744. The van der Waals surface area contributed by atoms with Crippen molar-refractivity contribution in [3.63, 3.8) is 0 Å². The van der Waals surface area contributed by atoms with Crippen molar-refractivity contribution in [2.75, 3.05) is 26.7 Å². The Morgan fingerprint density at radius 3 is 2.58 bits per heavy atom. The topological polar surface area (TPSA) is 41.6 Å². The Bertz CT molecular complexity index is 328. The molecule has 1 heterocycles. The van der Waals surface area contributed by atoms with Crippen LogP contribution >= 0.6 is 0 Å². The zero-order valence-corrected chi connectivity index (χ0v) is 12.7. The van der Waals surface area contributed by atoms with Gasteiger partial charge in [-0.25, -0.2) is 0 Å². The van der Waals surface area contributed by atoms with Crippen molar-refractivity contribution in [2.45, 2.75) is 51.6 Å². The average molecular weight is 268 g/mol. The first-order valence-corrected chi connectivity index (χ1v) is 7.53. The van der Waals surface area contributed by atoms with Gasteiger partial charge in [-0.05, 0) is 44.6 Å². The highest BCUT2D eigenvalue weighted by molar-refractivity contribution is 5.80. The van der Waals surface area contributed by atoms with Crippen LogP contribution in [0.25, 0.3) is 0 Å². The number of ether oxygens (including phenoxy) is 1. The predicted molar refractivity (Wildman–Crippen MR) is 76.0 cm³/mol. The lowest BCUT2D eigenvalue weighted by molar-refractivity contribution is -0.148. The van der Waals surface area contributed by atoms with E-state index in [2.05, 4.69) is 24.1 Å². The zero-order chi connectivity index (χ0) is 14.0. The second-order valence-electron chi connectivity index (χ2n) is 6.77.